The summed E-state index contributed by atoms with van der Waals surface area (Å²) >= 11 is 3.35. The van der Waals surface area contributed by atoms with Crippen LogP contribution in [0.1, 0.15) is 12.0 Å². The first-order valence-electron chi connectivity index (χ1n) is 5.44. The second kappa shape index (κ2) is 5.31. The van der Waals surface area contributed by atoms with Crippen molar-refractivity contribution in [1.29, 1.82) is 0 Å². The number of halogens is 1. The second-order valence-corrected chi connectivity index (χ2v) is 4.97. The van der Waals surface area contributed by atoms with Crippen molar-refractivity contribution in [2.75, 3.05) is 6.54 Å². The molecule has 1 aromatic carbocycles. The van der Waals surface area contributed by atoms with E-state index in [2.05, 4.69) is 26.6 Å². The molecule has 17 heavy (non-hydrogen) atoms. The van der Waals surface area contributed by atoms with Gasteiger partial charge >= 0.3 is 0 Å². The van der Waals surface area contributed by atoms with E-state index in [4.69, 9.17) is 0 Å². The number of carbonyl (C=O) groups is 2. The van der Waals surface area contributed by atoms with Gasteiger partial charge in [-0.25, -0.2) is 0 Å². The fraction of sp³-hybridized carbons (Fsp3) is 0.333. The molecule has 0 bridgehead atoms. The summed E-state index contributed by atoms with van der Waals surface area (Å²) in [4.78, 5) is 22.7. The molecule has 0 saturated carbocycles. The van der Waals surface area contributed by atoms with E-state index in [1.165, 1.54) is 0 Å². The Hall–Kier alpha value is -1.36. The van der Waals surface area contributed by atoms with Crippen molar-refractivity contribution in [1.82, 2.24) is 10.6 Å². The minimum atomic E-state index is -0.224. The van der Waals surface area contributed by atoms with E-state index < -0.39 is 0 Å². The van der Waals surface area contributed by atoms with Crippen molar-refractivity contribution >= 4 is 27.7 Å². The highest BCUT2D eigenvalue weighted by atomic mass is 79.9. The Bertz CT molecular complexity index is 431. The molecule has 0 aromatic heterocycles. The predicted octanol–water partition coefficient (Wildman–Crippen LogP) is 1.20. The molecule has 2 rings (SSSR count). The third kappa shape index (κ3) is 3.30. The first-order chi connectivity index (χ1) is 8.15. The van der Waals surface area contributed by atoms with Crippen molar-refractivity contribution in [2.24, 2.45) is 5.92 Å². The normalized spacial score (nSPS) is 18.9. The van der Waals surface area contributed by atoms with Gasteiger partial charge in [-0.15, -0.1) is 0 Å². The molecular formula is C12H13BrN2O2. The number of hydrogen-bond donors (Lipinski definition) is 2. The summed E-state index contributed by atoms with van der Waals surface area (Å²) in [5.41, 5.74) is 1.04. The molecule has 1 saturated heterocycles. The Morgan fingerprint density at radius 3 is 2.71 bits per heavy atom. The lowest BCUT2D eigenvalue weighted by Crippen LogP contribution is -2.31. The van der Waals surface area contributed by atoms with Gasteiger partial charge in [-0.2, -0.15) is 0 Å². The highest BCUT2D eigenvalue weighted by Crippen LogP contribution is 2.11. The molecule has 1 aliphatic rings. The minimum absolute atomic E-state index is 0.0474. The van der Waals surface area contributed by atoms with Crippen LogP contribution < -0.4 is 10.6 Å². The Balaban J connectivity index is 1.84. The number of rotatable bonds is 3. The van der Waals surface area contributed by atoms with Crippen LogP contribution in [0.5, 0.6) is 0 Å². The minimum Gasteiger partial charge on any atom is -0.355 e. The maximum atomic E-state index is 11.7. The van der Waals surface area contributed by atoms with Gasteiger partial charge in [0, 0.05) is 24.0 Å². The first-order valence-corrected chi connectivity index (χ1v) is 6.23. The van der Waals surface area contributed by atoms with Crippen molar-refractivity contribution in [3.63, 3.8) is 0 Å². The molecule has 90 valence electrons. The van der Waals surface area contributed by atoms with Crippen molar-refractivity contribution in [3.8, 4) is 0 Å². The van der Waals surface area contributed by atoms with Crippen molar-refractivity contribution in [3.05, 3.63) is 34.3 Å². The Morgan fingerprint density at radius 2 is 2.12 bits per heavy atom. The Morgan fingerprint density at radius 1 is 1.41 bits per heavy atom. The van der Waals surface area contributed by atoms with Crippen LogP contribution in [0, 0.1) is 5.92 Å². The number of hydrogen-bond acceptors (Lipinski definition) is 2. The SMILES string of the molecule is O=C1C[C@@H](C(=O)NCc2ccc(Br)cc2)CN1. The van der Waals surface area contributed by atoms with E-state index in [1.54, 1.807) is 0 Å². The molecule has 1 aliphatic heterocycles. The van der Waals surface area contributed by atoms with Crippen LogP contribution in [0.3, 0.4) is 0 Å². The smallest absolute Gasteiger partial charge is 0.225 e. The molecule has 4 nitrogen and oxygen atoms in total. The van der Waals surface area contributed by atoms with Crippen LogP contribution in [0.2, 0.25) is 0 Å². The van der Waals surface area contributed by atoms with E-state index in [1.807, 2.05) is 24.3 Å². The standard InChI is InChI=1S/C12H13BrN2O2/c13-10-3-1-8(2-4-10)6-15-12(17)9-5-11(16)14-7-9/h1-4,9H,5-7H2,(H,14,16)(H,15,17)/t9-/m1/s1. The molecule has 1 fully saturated rings. The zero-order valence-corrected chi connectivity index (χ0v) is 10.8. The molecule has 1 aromatic rings. The monoisotopic (exact) mass is 296 g/mol. The number of benzene rings is 1. The summed E-state index contributed by atoms with van der Waals surface area (Å²) in [6.45, 7) is 0.946. The zero-order valence-electron chi connectivity index (χ0n) is 9.20. The van der Waals surface area contributed by atoms with Gasteiger partial charge in [-0.3, -0.25) is 9.59 Å². The lowest BCUT2D eigenvalue weighted by molar-refractivity contribution is -0.126. The summed E-state index contributed by atoms with van der Waals surface area (Å²) < 4.78 is 1.01. The summed E-state index contributed by atoms with van der Waals surface area (Å²) in [5.74, 6) is -0.335. The van der Waals surface area contributed by atoms with Gasteiger partial charge in [0.2, 0.25) is 11.8 Å². The van der Waals surface area contributed by atoms with Gasteiger partial charge in [0.1, 0.15) is 0 Å². The average molecular weight is 297 g/mol. The van der Waals surface area contributed by atoms with Crippen LogP contribution in [0.15, 0.2) is 28.7 Å². The van der Waals surface area contributed by atoms with Crippen LogP contribution in [-0.4, -0.2) is 18.4 Å². The fourth-order valence-electron chi connectivity index (χ4n) is 1.73. The van der Waals surface area contributed by atoms with E-state index >= 15 is 0 Å². The molecule has 2 amide bonds. The van der Waals surface area contributed by atoms with Gasteiger partial charge in [-0.1, -0.05) is 28.1 Å². The van der Waals surface area contributed by atoms with E-state index in [0.29, 0.717) is 19.5 Å². The molecule has 1 atom stereocenters. The summed E-state index contributed by atoms with van der Waals surface area (Å²) in [6.07, 6.45) is 0.298. The number of nitrogens with one attached hydrogen (secondary N) is 2. The highest BCUT2D eigenvalue weighted by Gasteiger charge is 2.27. The lowest BCUT2D eigenvalue weighted by atomic mass is 10.1. The molecule has 5 heteroatoms. The summed E-state index contributed by atoms with van der Waals surface area (Å²) in [6, 6.07) is 7.76. The van der Waals surface area contributed by atoms with Gasteiger partial charge in [-0.05, 0) is 17.7 Å². The maximum absolute atomic E-state index is 11.7. The third-order valence-electron chi connectivity index (χ3n) is 2.73. The molecule has 2 N–H and O–H groups in total. The fourth-order valence-corrected chi connectivity index (χ4v) is 1.99. The van der Waals surface area contributed by atoms with Crippen molar-refractivity contribution in [2.45, 2.75) is 13.0 Å². The maximum Gasteiger partial charge on any atom is 0.225 e. The molecule has 0 spiro atoms. The van der Waals surface area contributed by atoms with E-state index in [-0.39, 0.29) is 17.7 Å². The van der Waals surface area contributed by atoms with E-state index in [0.717, 1.165) is 10.0 Å². The molecule has 0 radical (unpaired) electrons. The van der Waals surface area contributed by atoms with Gasteiger partial charge in [0.25, 0.3) is 0 Å². The summed E-state index contributed by atoms with van der Waals surface area (Å²) in [7, 11) is 0. The van der Waals surface area contributed by atoms with Gasteiger partial charge in [0.05, 0.1) is 5.92 Å². The van der Waals surface area contributed by atoms with Crippen molar-refractivity contribution < 1.29 is 9.59 Å². The quantitative estimate of drug-likeness (QED) is 0.881. The largest absolute Gasteiger partial charge is 0.355 e. The van der Waals surface area contributed by atoms with Gasteiger partial charge < -0.3 is 10.6 Å². The van der Waals surface area contributed by atoms with Gasteiger partial charge in [0.15, 0.2) is 0 Å². The van der Waals surface area contributed by atoms with E-state index in [9.17, 15) is 9.59 Å². The molecule has 1 heterocycles. The second-order valence-electron chi connectivity index (χ2n) is 4.05. The third-order valence-corrected chi connectivity index (χ3v) is 3.26. The average Bonchev–Trinajstić information content (AvgIpc) is 2.75. The highest BCUT2D eigenvalue weighted by molar-refractivity contribution is 9.10. The molecule has 0 unspecified atom stereocenters. The Kier molecular flexibility index (Phi) is 3.78. The predicted molar refractivity (Wildman–Crippen MR) is 67.1 cm³/mol. The van der Waals surface area contributed by atoms with Crippen LogP contribution >= 0.6 is 15.9 Å². The number of carbonyl (C=O) groups excluding carboxylic acids is 2. The van der Waals surface area contributed by atoms with Crippen LogP contribution in [0.4, 0.5) is 0 Å². The molecular weight excluding hydrogens is 284 g/mol. The topological polar surface area (TPSA) is 58.2 Å². The summed E-state index contributed by atoms with van der Waals surface area (Å²) in [5, 5.41) is 5.48. The van der Waals surface area contributed by atoms with Crippen LogP contribution in [0.25, 0.3) is 0 Å². The molecule has 0 aliphatic carbocycles. The van der Waals surface area contributed by atoms with Crippen LogP contribution in [-0.2, 0) is 16.1 Å². The lowest BCUT2D eigenvalue weighted by Gasteiger charge is -2.09. The zero-order chi connectivity index (χ0) is 12.3. The Labute approximate surface area is 108 Å². The first kappa shape index (κ1) is 12.1. The number of amides is 2.